The molecule has 0 fully saturated rings. The van der Waals surface area contributed by atoms with Gasteiger partial charge in [0.15, 0.2) is 0 Å². The van der Waals surface area contributed by atoms with Crippen molar-refractivity contribution in [2.45, 2.75) is 13.0 Å². The molecular weight excluding hydrogens is 105 g/mol. The number of carboxylic acids is 1. The Hall–Kier alpha value is 0.430. The number of aliphatic carboxylic acids is 1. The van der Waals surface area contributed by atoms with Crippen LogP contribution in [0.15, 0.2) is 0 Å². The number of hydrogen-bond acceptors (Lipinski definition) is 3. The zero-order valence-electron chi connectivity index (χ0n) is 4.47. The minimum atomic E-state index is -1.21. The van der Waals surface area contributed by atoms with Crippen molar-refractivity contribution < 1.29 is 39.5 Å². The maximum atomic E-state index is 9.46. The van der Waals surface area contributed by atoms with Crippen molar-refractivity contribution >= 4 is 5.97 Å². The van der Waals surface area contributed by atoms with Crippen LogP contribution < -0.4 is 40.4 Å². The fourth-order valence-electron chi connectivity index (χ4n) is 0. The Morgan fingerprint density at radius 3 is 2.00 bits per heavy atom. The summed E-state index contributed by atoms with van der Waals surface area (Å²) in [5.41, 5.74) is 4.77. The number of nitrogens with two attached hydrogens (primary N) is 1. The van der Waals surface area contributed by atoms with Crippen LogP contribution >= 0.6 is 0 Å². The monoisotopic (exact) mass is 111 g/mol. The molecule has 36 valence electrons. The van der Waals surface area contributed by atoms with E-state index in [1.165, 1.54) is 6.92 Å². The van der Waals surface area contributed by atoms with Gasteiger partial charge in [-0.25, -0.2) is 0 Å². The summed E-state index contributed by atoms with van der Waals surface area (Å²) in [5, 5.41) is 9.46. The van der Waals surface area contributed by atoms with Crippen molar-refractivity contribution in [1.82, 2.24) is 0 Å². The van der Waals surface area contributed by atoms with Gasteiger partial charge in [0.2, 0.25) is 0 Å². The summed E-state index contributed by atoms with van der Waals surface area (Å²) in [4.78, 5) is 9.46. The maximum absolute atomic E-state index is 9.46. The minimum Gasteiger partial charge on any atom is -0.548 e. The van der Waals surface area contributed by atoms with E-state index in [9.17, 15) is 9.90 Å². The second kappa shape index (κ2) is 4.59. The van der Waals surface area contributed by atoms with E-state index in [-0.39, 0.29) is 29.6 Å². The fourth-order valence-corrected chi connectivity index (χ4v) is 0. The van der Waals surface area contributed by atoms with E-state index in [1.807, 2.05) is 0 Å². The van der Waals surface area contributed by atoms with Crippen LogP contribution in [0.5, 0.6) is 0 Å². The first kappa shape index (κ1) is 10.4. The average Bonchev–Trinajstić information content (AvgIpc) is 1.36. The van der Waals surface area contributed by atoms with E-state index in [2.05, 4.69) is 0 Å². The molecule has 0 rings (SSSR count). The summed E-state index contributed by atoms with van der Waals surface area (Å²) >= 11 is 0. The molecule has 2 N–H and O–H groups in total. The van der Waals surface area contributed by atoms with Crippen LogP contribution in [-0.2, 0) is 4.79 Å². The predicted octanol–water partition coefficient (Wildman–Crippen LogP) is -4.91. The molecule has 0 aromatic rings. The van der Waals surface area contributed by atoms with Crippen molar-refractivity contribution in [3.63, 3.8) is 0 Å². The zero-order valence-corrected chi connectivity index (χ0v) is 6.47. The smallest absolute Gasteiger partial charge is 0.548 e. The summed E-state index contributed by atoms with van der Waals surface area (Å²) < 4.78 is 0. The first-order valence-electron chi connectivity index (χ1n) is 1.61. The Kier molecular flexibility index (Phi) is 6.82. The Balaban J connectivity index is 0. The fraction of sp³-hybridized carbons (Fsp3) is 0.667. The van der Waals surface area contributed by atoms with Crippen LogP contribution in [0.3, 0.4) is 0 Å². The first-order valence-corrected chi connectivity index (χ1v) is 1.61. The van der Waals surface area contributed by atoms with Gasteiger partial charge in [0.1, 0.15) is 0 Å². The molecule has 0 saturated heterocycles. The second-order valence-corrected chi connectivity index (χ2v) is 1.11. The largest absolute Gasteiger partial charge is 1.00 e. The average molecular weight is 111 g/mol. The number of hydrogen-bond donors (Lipinski definition) is 1. The van der Waals surface area contributed by atoms with Crippen molar-refractivity contribution in [2.24, 2.45) is 5.73 Å². The summed E-state index contributed by atoms with van der Waals surface area (Å²) in [6, 6.07) is -0.843. The molecule has 0 radical (unpaired) electrons. The SMILES string of the molecule is CC(N)C(=O)[O-].[Na+]. The third kappa shape index (κ3) is 6.43. The van der Waals surface area contributed by atoms with Gasteiger partial charge in [0, 0.05) is 6.04 Å². The number of carbonyl (C=O) groups is 1. The second-order valence-electron chi connectivity index (χ2n) is 1.11. The van der Waals surface area contributed by atoms with Crippen LogP contribution in [-0.4, -0.2) is 12.0 Å². The molecule has 0 saturated carbocycles. The van der Waals surface area contributed by atoms with E-state index in [0.717, 1.165) is 0 Å². The Morgan fingerprint density at radius 2 is 2.00 bits per heavy atom. The molecule has 0 heterocycles. The third-order valence-electron chi connectivity index (χ3n) is 0.372. The van der Waals surface area contributed by atoms with E-state index < -0.39 is 12.0 Å². The Bertz CT molecular complexity index is 64.0. The van der Waals surface area contributed by atoms with Crippen molar-refractivity contribution in [1.29, 1.82) is 0 Å². The van der Waals surface area contributed by atoms with Gasteiger partial charge >= 0.3 is 29.6 Å². The molecular formula is C3H6NNaO2. The molecule has 0 aliphatic rings. The molecule has 0 aliphatic carbocycles. The summed E-state index contributed by atoms with van der Waals surface area (Å²) in [5.74, 6) is -1.21. The van der Waals surface area contributed by atoms with Gasteiger partial charge in [-0.05, 0) is 6.92 Å². The van der Waals surface area contributed by atoms with Gasteiger partial charge in [0.05, 0.1) is 5.97 Å². The van der Waals surface area contributed by atoms with Gasteiger partial charge in [-0.2, -0.15) is 0 Å². The molecule has 0 aromatic heterocycles. The third-order valence-corrected chi connectivity index (χ3v) is 0.372. The molecule has 4 heteroatoms. The molecule has 3 nitrogen and oxygen atoms in total. The van der Waals surface area contributed by atoms with Crippen molar-refractivity contribution in [3.8, 4) is 0 Å². The normalized spacial score (nSPS) is 11.7. The van der Waals surface area contributed by atoms with Gasteiger partial charge in [-0.15, -0.1) is 0 Å². The summed E-state index contributed by atoms with van der Waals surface area (Å²) in [6.45, 7) is 1.36. The maximum Gasteiger partial charge on any atom is 1.00 e. The number of carbonyl (C=O) groups excluding carboxylic acids is 1. The molecule has 1 unspecified atom stereocenters. The van der Waals surface area contributed by atoms with Crippen LogP contribution in [0.2, 0.25) is 0 Å². The first-order chi connectivity index (χ1) is 2.64. The van der Waals surface area contributed by atoms with Gasteiger partial charge in [-0.3, -0.25) is 0 Å². The van der Waals surface area contributed by atoms with Crippen LogP contribution in [0, 0.1) is 0 Å². The summed E-state index contributed by atoms with van der Waals surface area (Å²) in [6.07, 6.45) is 0. The van der Waals surface area contributed by atoms with Crippen molar-refractivity contribution in [3.05, 3.63) is 0 Å². The topological polar surface area (TPSA) is 66.2 Å². The zero-order chi connectivity index (χ0) is 5.15. The van der Waals surface area contributed by atoms with E-state index in [0.29, 0.717) is 0 Å². The molecule has 0 aliphatic heterocycles. The van der Waals surface area contributed by atoms with E-state index in [1.54, 1.807) is 0 Å². The van der Waals surface area contributed by atoms with Gasteiger partial charge < -0.3 is 15.6 Å². The summed E-state index contributed by atoms with van der Waals surface area (Å²) in [7, 11) is 0. The van der Waals surface area contributed by atoms with Crippen LogP contribution in [0.25, 0.3) is 0 Å². The Morgan fingerprint density at radius 1 is 1.86 bits per heavy atom. The number of rotatable bonds is 1. The van der Waals surface area contributed by atoms with E-state index in [4.69, 9.17) is 5.73 Å². The molecule has 7 heavy (non-hydrogen) atoms. The molecule has 1 atom stereocenters. The van der Waals surface area contributed by atoms with Gasteiger partial charge in [-0.1, -0.05) is 0 Å². The van der Waals surface area contributed by atoms with E-state index >= 15 is 0 Å². The van der Waals surface area contributed by atoms with Gasteiger partial charge in [0.25, 0.3) is 0 Å². The van der Waals surface area contributed by atoms with Crippen molar-refractivity contribution in [2.75, 3.05) is 0 Å². The van der Waals surface area contributed by atoms with Crippen LogP contribution in [0.1, 0.15) is 6.92 Å². The minimum absolute atomic E-state index is 0. The Labute approximate surface area is 64.2 Å². The quantitative estimate of drug-likeness (QED) is 0.345. The molecule has 0 aromatic carbocycles. The number of carboxylic acid groups (broad SMARTS) is 1. The molecule has 0 bridgehead atoms. The predicted molar refractivity (Wildman–Crippen MR) is 18.7 cm³/mol. The molecule has 0 spiro atoms. The standard InChI is InChI=1S/C3H7NO2.Na/c1-2(4)3(5)6;/h2H,4H2,1H3,(H,5,6);/q;+1/p-1. The molecule has 0 amide bonds. The van der Waals surface area contributed by atoms with Crippen LogP contribution in [0.4, 0.5) is 0 Å².